The predicted molar refractivity (Wildman–Crippen MR) is 154 cm³/mol. The number of carbonyl (C=O) groups is 1. The minimum atomic E-state index is -0.252. The van der Waals surface area contributed by atoms with Gasteiger partial charge in [-0.15, -0.1) is 0 Å². The average molecular weight is 537 g/mol. The second kappa shape index (κ2) is 14.0. The lowest BCUT2D eigenvalue weighted by Gasteiger charge is -2.36. The second-order valence-corrected chi connectivity index (χ2v) is 9.88. The van der Waals surface area contributed by atoms with Gasteiger partial charge in [0.1, 0.15) is 5.75 Å². The molecule has 4 rings (SSSR count). The van der Waals surface area contributed by atoms with E-state index in [1.807, 2.05) is 43.3 Å². The molecule has 0 amide bonds. The normalized spacial score (nSPS) is 14.1. The molecule has 1 fully saturated rings. The highest BCUT2D eigenvalue weighted by Crippen LogP contribution is 2.28. The number of fused-ring (bicyclic) bond motifs is 1. The van der Waals surface area contributed by atoms with Gasteiger partial charge in [0.25, 0.3) is 5.56 Å². The van der Waals surface area contributed by atoms with Gasteiger partial charge in [-0.2, -0.15) is 0 Å². The molecule has 0 spiro atoms. The first kappa shape index (κ1) is 28.4. The number of piperazine rings is 1. The van der Waals surface area contributed by atoms with Gasteiger partial charge >= 0.3 is 11.7 Å². The molecule has 9 heteroatoms. The number of anilines is 1. The van der Waals surface area contributed by atoms with E-state index in [9.17, 15) is 14.4 Å². The van der Waals surface area contributed by atoms with Crippen LogP contribution in [0.15, 0.2) is 58.1 Å². The number of ether oxygens (including phenoxy) is 2. The van der Waals surface area contributed by atoms with Crippen molar-refractivity contribution in [3.05, 3.63) is 69.4 Å². The highest BCUT2D eigenvalue weighted by molar-refractivity contribution is 5.77. The van der Waals surface area contributed by atoms with Crippen LogP contribution in [0.25, 0.3) is 10.9 Å². The molecular formula is C30H40N4O5. The van der Waals surface area contributed by atoms with Crippen molar-refractivity contribution in [1.29, 1.82) is 0 Å². The number of benzene rings is 2. The van der Waals surface area contributed by atoms with E-state index in [4.69, 9.17) is 9.47 Å². The highest BCUT2D eigenvalue weighted by Gasteiger charge is 2.20. The maximum absolute atomic E-state index is 13.5. The number of aryl methyl sites for hydroxylation is 1. The predicted octanol–water partition coefficient (Wildman–Crippen LogP) is 3.51. The van der Waals surface area contributed by atoms with E-state index in [1.54, 1.807) is 17.7 Å². The van der Waals surface area contributed by atoms with Crippen molar-refractivity contribution < 1.29 is 14.3 Å². The van der Waals surface area contributed by atoms with Crippen LogP contribution in [0.1, 0.15) is 39.0 Å². The minimum Gasteiger partial charge on any atom is -0.495 e. The standard InChI is InChI=1S/C30H40N4O5/c1-3-39-28(35)16-6-4-5-11-17-33-25-13-8-7-12-24(25)29(36)34(30(33)37)23-20-31-18-21-32(22-19-31)26-14-9-10-15-27(26)38-2/h7-10,12-15H,3-6,11,16-23H2,1-2H3. The molecule has 9 nitrogen and oxygen atoms in total. The Morgan fingerprint density at radius 1 is 0.821 bits per heavy atom. The first-order valence-electron chi connectivity index (χ1n) is 14.0. The number of aromatic nitrogens is 2. The van der Waals surface area contributed by atoms with Crippen molar-refractivity contribution in [3.8, 4) is 5.75 Å². The maximum atomic E-state index is 13.5. The SMILES string of the molecule is CCOC(=O)CCCCCCn1c(=O)n(CCN2CCN(c3ccccc3OC)CC2)c(=O)c2ccccc21. The Bertz CT molecular complexity index is 1360. The minimum absolute atomic E-state index is 0.159. The number of esters is 1. The van der Waals surface area contributed by atoms with Crippen molar-refractivity contribution in [2.45, 2.75) is 52.1 Å². The fourth-order valence-electron chi connectivity index (χ4n) is 5.25. The lowest BCUT2D eigenvalue weighted by Crippen LogP contribution is -2.49. The zero-order chi connectivity index (χ0) is 27.6. The molecule has 210 valence electrons. The topological polar surface area (TPSA) is 86.0 Å². The molecule has 39 heavy (non-hydrogen) atoms. The van der Waals surface area contributed by atoms with Crippen molar-refractivity contribution in [2.75, 3.05) is 51.3 Å². The molecule has 0 N–H and O–H groups in total. The number of hydrogen-bond acceptors (Lipinski definition) is 7. The number of rotatable bonds is 13. The van der Waals surface area contributed by atoms with Crippen molar-refractivity contribution in [3.63, 3.8) is 0 Å². The monoisotopic (exact) mass is 536 g/mol. The van der Waals surface area contributed by atoms with Crippen LogP contribution in [0.5, 0.6) is 5.75 Å². The van der Waals surface area contributed by atoms with Gasteiger partial charge in [0, 0.05) is 52.2 Å². The van der Waals surface area contributed by atoms with Gasteiger partial charge in [0.2, 0.25) is 0 Å². The number of hydrogen-bond donors (Lipinski definition) is 0. The van der Waals surface area contributed by atoms with E-state index in [2.05, 4.69) is 15.9 Å². The smallest absolute Gasteiger partial charge is 0.331 e. The van der Waals surface area contributed by atoms with E-state index >= 15 is 0 Å². The van der Waals surface area contributed by atoms with Crippen LogP contribution < -0.4 is 20.9 Å². The molecule has 2 aromatic carbocycles. The second-order valence-electron chi connectivity index (χ2n) is 9.88. The van der Waals surface area contributed by atoms with Crippen molar-refractivity contribution in [2.24, 2.45) is 0 Å². The van der Waals surface area contributed by atoms with Gasteiger partial charge in [0.05, 0.1) is 30.3 Å². The Labute approximate surface area is 229 Å². The summed E-state index contributed by atoms with van der Waals surface area (Å²) >= 11 is 0. The Morgan fingerprint density at radius 3 is 2.31 bits per heavy atom. The summed E-state index contributed by atoms with van der Waals surface area (Å²) in [4.78, 5) is 42.9. The summed E-state index contributed by atoms with van der Waals surface area (Å²) in [5, 5.41) is 0.570. The summed E-state index contributed by atoms with van der Waals surface area (Å²) in [5.74, 6) is 0.709. The van der Waals surface area contributed by atoms with Crippen LogP contribution in [-0.2, 0) is 22.6 Å². The van der Waals surface area contributed by atoms with Gasteiger partial charge in [-0.1, -0.05) is 37.1 Å². The number of methoxy groups -OCH3 is 1. The third-order valence-corrected chi connectivity index (χ3v) is 7.39. The van der Waals surface area contributed by atoms with E-state index in [0.29, 0.717) is 43.6 Å². The molecule has 0 unspecified atom stereocenters. The molecule has 0 aliphatic carbocycles. The lowest BCUT2D eigenvalue weighted by atomic mass is 10.1. The molecular weight excluding hydrogens is 496 g/mol. The third kappa shape index (κ3) is 7.09. The first-order chi connectivity index (χ1) is 19.0. The van der Waals surface area contributed by atoms with Crippen LogP contribution in [0.4, 0.5) is 5.69 Å². The van der Waals surface area contributed by atoms with E-state index in [-0.39, 0.29) is 17.2 Å². The zero-order valence-corrected chi connectivity index (χ0v) is 23.1. The Morgan fingerprint density at radius 2 is 1.54 bits per heavy atom. The van der Waals surface area contributed by atoms with E-state index < -0.39 is 0 Å². The largest absolute Gasteiger partial charge is 0.495 e. The number of nitrogens with zero attached hydrogens (tertiary/aromatic N) is 4. The summed E-state index contributed by atoms with van der Waals surface area (Å²) in [6.07, 6.45) is 3.80. The molecule has 0 radical (unpaired) electrons. The van der Waals surface area contributed by atoms with E-state index in [1.165, 1.54) is 4.57 Å². The molecule has 1 aliphatic rings. The highest BCUT2D eigenvalue weighted by atomic mass is 16.5. The van der Waals surface area contributed by atoms with Crippen molar-refractivity contribution >= 4 is 22.6 Å². The van der Waals surface area contributed by atoms with Crippen LogP contribution >= 0.6 is 0 Å². The molecule has 1 aromatic heterocycles. The fourth-order valence-corrected chi connectivity index (χ4v) is 5.25. The molecule has 0 bridgehead atoms. The summed E-state index contributed by atoms with van der Waals surface area (Å²) in [5.41, 5.74) is 1.29. The van der Waals surface area contributed by atoms with Crippen LogP contribution in [-0.4, -0.2) is 66.4 Å². The quantitative estimate of drug-likeness (QED) is 0.244. The number of para-hydroxylation sites is 3. The fraction of sp³-hybridized carbons (Fsp3) is 0.500. The Balaban J connectivity index is 1.38. The van der Waals surface area contributed by atoms with Crippen LogP contribution in [0.2, 0.25) is 0 Å². The zero-order valence-electron chi connectivity index (χ0n) is 23.1. The average Bonchev–Trinajstić information content (AvgIpc) is 2.96. The summed E-state index contributed by atoms with van der Waals surface area (Å²) < 4.78 is 13.6. The summed E-state index contributed by atoms with van der Waals surface area (Å²) in [6, 6.07) is 15.4. The molecule has 1 aliphatic heterocycles. The Kier molecular flexibility index (Phi) is 10.2. The van der Waals surface area contributed by atoms with Gasteiger partial charge in [-0.3, -0.25) is 23.6 Å². The van der Waals surface area contributed by atoms with E-state index in [0.717, 1.165) is 63.3 Å². The van der Waals surface area contributed by atoms with Crippen LogP contribution in [0.3, 0.4) is 0 Å². The molecule has 1 saturated heterocycles. The maximum Gasteiger partial charge on any atom is 0.331 e. The summed E-state index contributed by atoms with van der Waals surface area (Å²) in [6.45, 7) is 7.16. The van der Waals surface area contributed by atoms with Crippen molar-refractivity contribution in [1.82, 2.24) is 14.0 Å². The molecule has 2 heterocycles. The van der Waals surface area contributed by atoms with Gasteiger partial charge in [0.15, 0.2) is 0 Å². The number of carbonyl (C=O) groups excluding carboxylic acids is 1. The Hall–Kier alpha value is -3.59. The molecule has 0 atom stereocenters. The molecule has 3 aromatic rings. The summed E-state index contributed by atoms with van der Waals surface area (Å²) in [7, 11) is 1.69. The third-order valence-electron chi connectivity index (χ3n) is 7.39. The van der Waals surface area contributed by atoms with Gasteiger partial charge in [-0.25, -0.2) is 4.79 Å². The van der Waals surface area contributed by atoms with Gasteiger partial charge < -0.3 is 14.4 Å². The lowest BCUT2D eigenvalue weighted by molar-refractivity contribution is -0.143. The molecule has 0 saturated carbocycles. The van der Waals surface area contributed by atoms with Crippen LogP contribution in [0, 0.1) is 0 Å². The number of unbranched alkanes of at least 4 members (excludes halogenated alkanes) is 3. The van der Waals surface area contributed by atoms with Gasteiger partial charge in [-0.05, 0) is 44.0 Å². The first-order valence-corrected chi connectivity index (χ1v) is 14.0.